The average molecular weight is 552 g/mol. The van der Waals surface area contributed by atoms with Crippen LogP contribution in [0.15, 0.2) is 48.5 Å². The third kappa shape index (κ3) is 10.3. The number of aryl methyl sites for hydroxylation is 1. The van der Waals surface area contributed by atoms with Gasteiger partial charge in [0.15, 0.2) is 0 Å². The van der Waals surface area contributed by atoms with Crippen molar-refractivity contribution in [2.75, 3.05) is 6.54 Å². The number of benzene rings is 2. The van der Waals surface area contributed by atoms with Crippen LogP contribution in [0.5, 0.6) is 0 Å². The summed E-state index contributed by atoms with van der Waals surface area (Å²) in [6.07, 6.45) is 2.21. The summed E-state index contributed by atoms with van der Waals surface area (Å²) in [4.78, 5) is 43.1. The number of nitrogens with zero attached hydrogens (tertiary/aromatic N) is 1. The first-order valence-corrected chi connectivity index (χ1v) is 14.3. The zero-order valence-electron chi connectivity index (χ0n) is 25.9. The highest BCUT2D eigenvalue weighted by atomic mass is 16.6. The van der Waals surface area contributed by atoms with Crippen LogP contribution in [0.3, 0.4) is 0 Å². The Kier molecular flexibility index (Phi) is 11.8. The predicted octanol–water partition coefficient (Wildman–Crippen LogP) is 6.41. The van der Waals surface area contributed by atoms with Crippen LogP contribution < -0.4 is 10.6 Å². The summed E-state index contributed by atoms with van der Waals surface area (Å²) in [6.45, 7) is 17.6. The molecule has 40 heavy (non-hydrogen) atoms. The monoisotopic (exact) mass is 551 g/mol. The lowest BCUT2D eigenvalue weighted by Crippen LogP contribution is -2.55. The Labute approximate surface area is 241 Å². The number of nitrogens with one attached hydrogen (secondary N) is 2. The van der Waals surface area contributed by atoms with Crippen molar-refractivity contribution in [2.45, 2.75) is 111 Å². The van der Waals surface area contributed by atoms with E-state index in [1.807, 2.05) is 83.1 Å². The maximum atomic E-state index is 14.5. The van der Waals surface area contributed by atoms with Crippen molar-refractivity contribution in [3.8, 4) is 0 Å². The van der Waals surface area contributed by atoms with Gasteiger partial charge in [-0.05, 0) is 84.1 Å². The summed E-state index contributed by atoms with van der Waals surface area (Å²) in [7, 11) is 0. The average Bonchev–Trinajstić information content (AvgIpc) is 2.83. The van der Waals surface area contributed by atoms with E-state index in [9.17, 15) is 14.4 Å². The Bertz CT molecular complexity index is 1130. The number of carbonyl (C=O) groups is 3. The number of rotatable bonds is 11. The molecular formula is C33H49N3O4. The van der Waals surface area contributed by atoms with Crippen LogP contribution in [0, 0.1) is 13.8 Å². The summed E-state index contributed by atoms with van der Waals surface area (Å²) in [6, 6.07) is 13.6. The van der Waals surface area contributed by atoms with E-state index in [1.165, 1.54) is 0 Å². The van der Waals surface area contributed by atoms with E-state index in [0.29, 0.717) is 6.54 Å². The smallest absolute Gasteiger partial charge is 0.408 e. The van der Waals surface area contributed by atoms with Gasteiger partial charge in [0, 0.05) is 18.5 Å². The van der Waals surface area contributed by atoms with Crippen molar-refractivity contribution >= 4 is 17.9 Å². The fraction of sp³-hybridized carbons (Fsp3) is 0.545. The Morgan fingerprint density at radius 2 is 1.55 bits per heavy atom. The van der Waals surface area contributed by atoms with Crippen LogP contribution in [0.1, 0.15) is 96.0 Å². The van der Waals surface area contributed by atoms with Gasteiger partial charge in [0.2, 0.25) is 11.8 Å². The van der Waals surface area contributed by atoms with Crippen molar-refractivity contribution in [3.63, 3.8) is 0 Å². The van der Waals surface area contributed by atoms with Crippen LogP contribution in [-0.4, -0.2) is 46.5 Å². The van der Waals surface area contributed by atoms with Gasteiger partial charge >= 0.3 is 6.09 Å². The molecule has 220 valence electrons. The lowest BCUT2D eigenvalue weighted by Gasteiger charge is -2.37. The minimum atomic E-state index is -0.922. The minimum Gasteiger partial charge on any atom is -0.444 e. The molecule has 2 N–H and O–H groups in total. The van der Waals surface area contributed by atoms with E-state index in [4.69, 9.17) is 4.74 Å². The molecule has 2 unspecified atom stereocenters. The fourth-order valence-corrected chi connectivity index (χ4v) is 4.56. The van der Waals surface area contributed by atoms with Gasteiger partial charge in [-0.2, -0.15) is 0 Å². The molecule has 0 spiro atoms. The molecule has 0 aliphatic carbocycles. The first kappa shape index (κ1) is 32.9. The third-order valence-electron chi connectivity index (χ3n) is 6.56. The van der Waals surface area contributed by atoms with E-state index >= 15 is 0 Å². The maximum Gasteiger partial charge on any atom is 0.408 e. The second-order valence-corrected chi connectivity index (χ2v) is 12.6. The first-order chi connectivity index (χ1) is 18.6. The van der Waals surface area contributed by atoms with Crippen LogP contribution in [-0.2, 0) is 20.7 Å². The number of unbranched alkanes of at least 4 members (excludes halogenated alkanes) is 2. The highest BCUT2D eigenvalue weighted by molar-refractivity contribution is 5.92. The Hall–Kier alpha value is -3.35. The molecule has 2 aromatic carbocycles. The van der Waals surface area contributed by atoms with Crippen molar-refractivity contribution in [2.24, 2.45) is 0 Å². The number of ether oxygens (including phenoxy) is 1. The zero-order chi connectivity index (χ0) is 30.1. The van der Waals surface area contributed by atoms with E-state index in [0.717, 1.165) is 41.5 Å². The van der Waals surface area contributed by atoms with Crippen molar-refractivity contribution in [1.82, 2.24) is 15.5 Å². The maximum absolute atomic E-state index is 14.5. The molecule has 0 fully saturated rings. The van der Waals surface area contributed by atoms with Gasteiger partial charge < -0.3 is 20.3 Å². The topological polar surface area (TPSA) is 87.7 Å². The molecule has 3 amide bonds. The molecule has 2 atom stereocenters. The van der Waals surface area contributed by atoms with E-state index in [2.05, 4.69) is 17.6 Å². The van der Waals surface area contributed by atoms with Gasteiger partial charge in [0.05, 0.1) is 0 Å². The Balaban J connectivity index is 2.62. The second kappa shape index (κ2) is 14.3. The molecule has 0 radical (unpaired) electrons. The molecule has 0 heterocycles. The van der Waals surface area contributed by atoms with Gasteiger partial charge in [0.25, 0.3) is 0 Å². The summed E-state index contributed by atoms with van der Waals surface area (Å²) in [5.41, 5.74) is 2.46. The molecular weight excluding hydrogens is 502 g/mol. The standard InChI is InChI=1S/C33H49N3O4/c1-10-11-15-21-36(28(29(37)35-32(4,5)6)26-20-16-17-23(2)24(26)3)30(38)27(22-25-18-13-12-14-19-25)34-31(39)40-33(7,8)9/h12-14,16-20,27-28H,10-11,15,21-22H2,1-9H3,(H,34,39)(H,35,37). The molecule has 7 heteroatoms. The number of hydrogen-bond acceptors (Lipinski definition) is 4. The molecule has 0 bridgehead atoms. The Morgan fingerprint density at radius 1 is 0.900 bits per heavy atom. The van der Waals surface area contributed by atoms with Crippen LogP contribution in [0.2, 0.25) is 0 Å². The van der Waals surface area contributed by atoms with Crippen molar-refractivity contribution < 1.29 is 19.1 Å². The quantitative estimate of drug-likeness (QED) is 0.316. The summed E-state index contributed by atoms with van der Waals surface area (Å²) in [5, 5.41) is 5.93. The highest BCUT2D eigenvalue weighted by Crippen LogP contribution is 2.29. The predicted molar refractivity (Wildman–Crippen MR) is 161 cm³/mol. The number of amides is 3. The normalized spacial score (nSPS) is 13.2. The minimum absolute atomic E-state index is 0.248. The van der Waals surface area contributed by atoms with Crippen molar-refractivity contribution in [1.29, 1.82) is 0 Å². The first-order valence-electron chi connectivity index (χ1n) is 14.3. The largest absolute Gasteiger partial charge is 0.444 e. The molecule has 2 rings (SSSR count). The number of hydrogen-bond donors (Lipinski definition) is 2. The molecule has 0 aliphatic rings. The Morgan fingerprint density at radius 3 is 2.12 bits per heavy atom. The molecule has 2 aromatic rings. The highest BCUT2D eigenvalue weighted by Gasteiger charge is 2.38. The number of carbonyl (C=O) groups excluding carboxylic acids is 3. The summed E-state index contributed by atoms with van der Waals surface area (Å²) in [5.74, 6) is -0.567. The second-order valence-electron chi connectivity index (χ2n) is 12.6. The van der Waals surface area contributed by atoms with Gasteiger partial charge in [-0.15, -0.1) is 0 Å². The molecule has 0 saturated heterocycles. The molecule has 0 saturated carbocycles. The van der Waals surface area contributed by atoms with Gasteiger partial charge in [-0.25, -0.2) is 4.79 Å². The van der Waals surface area contributed by atoms with Gasteiger partial charge in [-0.3, -0.25) is 9.59 Å². The van der Waals surface area contributed by atoms with Gasteiger partial charge in [-0.1, -0.05) is 68.3 Å². The van der Waals surface area contributed by atoms with E-state index < -0.39 is 29.3 Å². The summed E-state index contributed by atoms with van der Waals surface area (Å²) < 4.78 is 5.53. The SMILES string of the molecule is CCCCCN(C(=O)C(Cc1ccccc1)NC(=O)OC(C)(C)C)C(C(=O)NC(C)(C)C)c1cccc(C)c1C. The van der Waals surface area contributed by atoms with Crippen molar-refractivity contribution in [3.05, 3.63) is 70.8 Å². The van der Waals surface area contributed by atoms with Crippen LogP contribution >= 0.6 is 0 Å². The van der Waals surface area contributed by atoms with E-state index in [1.54, 1.807) is 25.7 Å². The third-order valence-corrected chi connectivity index (χ3v) is 6.56. The molecule has 0 aliphatic heterocycles. The molecule has 0 aromatic heterocycles. The van der Waals surface area contributed by atoms with Gasteiger partial charge in [0.1, 0.15) is 17.7 Å². The summed E-state index contributed by atoms with van der Waals surface area (Å²) >= 11 is 0. The number of alkyl carbamates (subject to hydrolysis) is 1. The van der Waals surface area contributed by atoms with Crippen LogP contribution in [0.25, 0.3) is 0 Å². The van der Waals surface area contributed by atoms with Crippen LogP contribution in [0.4, 0.5) is 4.79 Å². The lowest BCUT2D eigenvalue weighted by molar-refractivity contribution is -0.143. The molecule has 7 nitrogen and oxygen atoms in total. The van der Waals surface area contributed by atoms with E-state index in [-0.39, 0.29) is 18.2 Å². The fourth-order valence-electron chi connectivity index (χ4n) is 4.56. The lowest BCUT2D eigenvalue weighted by atomic mass is 9.93. The zero-order valence-corrected chi connectivity index (χ0v) is 25.9.